The second kappa shape index (κ2) is 28.3. The van der Waals surface area contributed by atoms with E-state index in [-0.39, 0.29) is 11.7 Å². The van der Waals surface area contributed by atoms with E-state index in [1.807, 2.05) is 24.7 Å². The van der Waals surface area contributed by atoms with E-state index in [9.17, 15) is 4.79 Å². The van der Waals surface area contributed by atoms with Crippen molar-refractivity contribution in [2.45, 2.75) is 66.5 Å². The molecule has 12 nitrogen and oxygen atoms in total. The number of aryl methyl sites for hydroxylation is 1. The minimum Gasteiger partial charge on any atom is -0.379 e. The summed E-state index contributed by atoms with van der Waals surface area (Å²) in [6, 6.07) is 0. The predicted octanol–water partition coefficient (Wildman–Crippen LogP) is 3.35. The molecule has 0 unspecified atom stereocenters. The molecule has 0 saturated heterocycles. The third-order valence-electron chi connectivity index (χ3n) is 6.00. The Balaban J connectivity index is 1.71. The van der Waals surface area contributed by atoms with Crippen LogP contribution in [0.2, 0.25) is 0 Å². The lowest BCUT2D eigenvalue weighted by Crippen LogP contribution is -2.15. The SMILES string of the molecule is CC(C)CCCCn1cc(COCCOCCOCCOCCOCCOCCOCCOCCC(=O)C(C)C)nn1. The summed E-state index contributed by atoms with van der Waals surface area (Å²) in [5, 5.41) is 8.31. The molecule has 1 aromatic rings. The fraction of sp³-hybridized carbons (Fsp3) is 0.900. The Bertz CT molecular complexity index is 735. The minimum atomic E-state index is 0.0632. The highest BCUT2D eigenvalue weighted by Gasteiger charge is 2.06. The molecule has 0 aliphatic carbocycles. The summed E-state index contributed by atoms with van der Waals surface area (Å²) in [6.07, 6.45) is 5.99. The molecular formula is C30H57N3O9. The van der Waals surface area contributed by atoms with Gasteiger partial charge in [-0.2, -0.15) is 0 Å². The van der Waals surface area contributed by atoms with E-state index < -0.39 is 0 Å². The molecule has 1 heterocycles. The van der Waals surface area contributed by atoms with Gasteiger partial charge >= 0.3 is 0 Å². The number of nitrogens with zero attached hydrogens (tertiary/aromatic N) is 3. The molecule has 0 atom stereocenters. The Morgan fingerprint density at radius 3 is 1.50 bits per heavy atom. The average molecular weight is 604 g/mol. The van der Waals surface area contributed by atoms with Crippen LogP contribution in [0.4, 0.5) is 0 Å². The van der Waals surface area contributed by atoms with Crippen molar-refractivity contribution < 1.29 is 42.7 Å². The van der Waals surface area contributed by atoms with Crippen LogP contribution in [0.1, 0.15) is 59.1 Å². The van der Waals surface area contributed by atoms with Crippen LogP contribution in [0.25, 0.3) is 0 Å². The van der Waals surface area contributed by atoms with Gasteiger partial charge in [-0.25, -0.2) is 0 Å². The van der Waals surface area contributed by atoms with Gasteiger partial charge in [-0.1, -0.05) is 45.7 Å². The van der Waals surface area contributed by atoms with E-state index in [2.05, 4.69) is 24.2 Å². The van der Waals surface area contributed by atoms with Crippen LogP contribution in [0.15, 0.2) is 6.20 Å². The van der Waals surface area contributed by atoms with Crippen molar-refractivity contribution in [3.05, 3.63) is 11.9 Å². The van der Waals surface area contributed by atoms with Gasteiger partial charge < -0.3 is 37.9 Å². The third kappa shape index (κ3) is 25.0. The van der Waals surface area contributed by atoms with E-state index in [0.29, 0.717) is 112 Å². The Morgan fingerprint density at radius 1 is 0.643 bits per heavy atom. The van der Waals surface area contributed by atoms with Crippen LogP contribution in [-0.4, -0.2) is 120 Å². The van der Waals surface area contributed by atoms with Crippen LogP contribution in [0, 0.1) is 11.8 Å². The molecule has 0 saturated carbocycles. The maximum absolute atomic E-state index is 11.5. The van der Waals surface area contributed by atoms with Crippen LogP contribution in [0.3, 0.4) is 0 Å². The number of ketones is 1. The molecule has 0 radical (unpaired) electrons. The zero-order valence-electron chi connectivity index (χ0n) is 26.6. The number of carbonyl (C=O) groups is 1. The molecule has 0 N–H and O–H groups in total. The molecule has 0 aliphatic heterocycles. The van der Waals surface area contributed by atoms with Gasteiger partial charge in [-0.3, -0.25) is 9.48 Å². The Kier molecular flexibility index (Phi) is 25.9. The van der Waals surface area contributed by atoms with Crippen LogP contribution in [-0.2, 0) is 55.8 Å². The van der Waals surface area contributed by atoms with Gasteiger partial charge in [0.1, 0.15) is 11.5 Å². The van der Waals surface area contributed by atoms with Crippen molar-refractivity contribution in [2.75, 3.05) is 99.1 Å². The van der Waals surface area contributed by atoms with Crippen LogP contribution >= 0.6 is 0 Å². The van der Waals surface area contributed by atoms with Gasteiger partial charge in [-0.15, -0.1) is 5.10 Å². The first-order valence-corrected chi connectivity index (χ1v) is 15.5. The maximum Gasteiger partial charge on any atom is 0.137 e. The lowest BCUT2D eigenvalue weighted by molar-refractivity contribution is -0.123. The van der Waals surface area contributed by atoms with Crippen molar-refractivity contribution in [1.82, 2.24) is 15.0 Å². The van der Waals surface area contributed by atoms with Crippen molar-refractivity contribution in [3.63, 3.8) is 0 Å². The zero-order valence-corrected chi connectivity index (χ0v) is 26.6. The summed E-state index contributed by atoms with van der Waals surface area (Å²) in [5.41, 5.74) is 0.842. The highest BCUT2D eigenvalue weighted by molar-refractivity contribution is 5.80. The molecule has 1 rings (SSSR count). The van der Waals surface area contributed by atoms with Gasteiger partial charge in [0.05, 0.1) is 112 Å². The van der Waals surface area contributed by atoms with E-state index in [0.717, 1.165) is 24.6 Å². The Labute approximate surface area is 253 Å². The Morgan fingerprint density at radius 2 is 1.07 bits per heavy atom. The molecular weight excluding hydrogens is 546 g/mol. The minimum absolute atomic E-state index is 0.0632. The summed E-state index contributed by atoms with van der Waals surface area (Å²) in [6.45, 7) is 17.1. The van der Waals surface area contributed by atoms with E-state index in [1.165, 1.54) is 12.8 Å². The lowest BCUT2D eigenvalue weighted by Gasteiger charge is -2.09. The summed E-state index contributed by atoms with van der Waals surface area (Å²) < 4.78 is 45.7. The molecule has 0 bridgehead atoms. The average Bonchev–Trinajstić information content (AvgIpc) is 3.42. The molecule has 0 amide bonds. The molecule has 42 heavy (non-hydrogen) atoms. The first-order valence-electron chi connectivity index (χ1n) is 15.5. The third-order valence-corrected chi connectivity index (χ3v) is 6.00. The van der Waals surface area contributed by atoms with E-state index >= 15 is 0 Å². The second-order valence-electron chi connectivity index (χ2n) is 10.6. The van der Waals surface area contributed by atoms with Gasteiger partial charge in [0.2, 0.25) is 0 Å². The number of aromatic nitrogens is 3. The number of unbranched alkanes of at least 4 members (excludes halogenated alkanes) is 1. The lowest BCUT2D eigenvalue weighted by atomic mass is 10.1. The standard InChI is InChI=1S/C30H57N3O9/c1-27(2)7-5-6-9-33-25-29(31-32-33)26-42-24-23-41-22-21-40-20-19-39-18-17-38-16-15-37-14-13-36-12-11-35-10-8-30(34)28(3)4/h25,27-28H,5-24,26H2,1-4H3. The van der Waals surface area contributed by atoms with Crippen molar-refractivity contribution in [2.24, 2.45) is 11.8 Å². The maximum atomic E-state index is 11.5. The Hall–Kier alpha value is -1.51. The number of Topliss-reactive ketones (excluding diaryl/α,β-unsaturated/α-hetero) is 1. The van der Waals surface area contributed by atoms with E-state index in [4.69, 9.17) is 37.9 Å². The van der Waals surface area contributed by atoms with Crippen molar-refractivity contribution in [1.29, 1.82) is 0 Å². The number of ether oxygens (including phenoxy) is 8. The molecule has 246 valence electrons. The molecule has 12 heteroatoms. The molecule has 0 aliphatic rings. The first kappa shape index (κ1) is 38.5. The highest BCUT2D eigenvalue weighted by Crippen LogP contribution is 2.07. The second-order valence-corrected chi connectivity index (χ2v) is 10.6. The predicted molar refractivity (Wildman–Crippen MR) is 159 cm³/mol. The van der Waals surface area contributed by atoms with E-state index in [1.54, 1.807) is 0 Å². The molecule has 0 aromatic carbocycles. The smallest absolute Gasteiger partial charge is 0.137 e. The summed E-state index contributed by atoms with van der Waals surface area (Å²) in [5.74, 6) is 1.03. The summed E-state index contributed by atoms with van der Waals surface area (Å²) >= 11 is 0. The van der Waals surface area contributed by atoms with Crippen LogP contribution in [0.5, 0.6) is 0 Å². The highest BCUT2D eigenvalue weighted by atomic mass is 16.6. The van der Waals surface area contributed by atoms with Crippen LogP contribution < -0.4 is 0 Å². The summed E-state index contributed by atoms with van der Waals surface area (Å²) in [4.78, 5) is 11.5. The molecule has 0 spiro atoms. The van der Waals surface area contributed by atoms with Gasteiger partial charge in [0.15, 0.2) is 0 Å². The number of rotatable bonds is 32. The van der Waals surface area contributed by atoms with Crippen molar-refractivity contribution >= 4 is 5.78 Å². The fourth-order valence-electron chi connectivity index (χ4n) is 3.52. The summed E-state index contributed by atoms with van der Waals surface area (Å²) in [7, 11) is 0. The monoisotopic (exact) mass is 603 g/mol. The molecule has 1 aromatic heterocycles. The van der Waals surface area contributed by atoms with Crippen molar-refractivity contribution in [3.8, 4) is 0 Å². The van der Waals surface area contributed by atoms with Gasteiger partial charge in [0, 0.05) is 18.9 Å². The largest absolute Gasteiger partial charge is 0.379 e. The van der Waals surface area contributed by atoms with Gasteiger partial charge in [0.25, 0.3) is 0 Å². The normalized spacial score (nSPS) is 11.8. The topological polar surface area (TPSA) is 122 Å². The first-order chi connectivity index (χ1) is 20.5. The number of hydrogen-bond donors (Lipinski definition) is 0. The quantitative estimate of drug-likeness (QED) is 0.113. The van der Waals surface area contributed by atoms with Gasteiger partial charge in [-0.05, 0) is 12.3 Å². The number of hydrogen-bond acceptors (Lipinski definition) is 11. The fourth-order valence-corrected chi connectivity index (χ4v) is 3.52. The number of carbonyl (C=O) groups excluding carboxylic acids is 1. The zero-order chi connectivity index (χ0) is 30.5. The molecule has 0 fully saturated rings.